The Balaban J connectivity index is 1.32. The van der Waals surface area contributed by atoms with Gasteiger partial charge in [-0.05, 0) is 47.6 Å². The molecule has 0 saturated carbocycles. The van der Waals surface area contributed by atoms with Crippen molar-refractivity contribution in [2.45, 2.75) is 31.7 Å². The number of carbonyl (C=O) groups is 1. The average molecular weight is 332 g/mol. The number of amides is 1. The van der Waals surface area contributed by atoms with E-state index in [9.17, 15) is 4.79 Å². The Morgan fingerprint density at radius 3 is 2.80 bits per heavy atom. The fraction of sp³-hybridized carbons (Fsp3) is 0.250. The lowest BCUT2D eigenvalue weighted by Crippen LogP contribution is -2.24. The zero-order valence-corrected chi connectivity index (χ0v) is 13.9. The number of benzene rings is 2. The van der Waals surface area contributed by atoms with Crippen LogP contribution in [0.2, 0.25) is 0 Å². The van der Waals surface area contributed by atoms with Crippen LogP contribution in [0.25, 0.3) is 5.69 Å². The van der Waals surface area contributed by atoms with Gasteiger partial charge in [-0.1, -0.05) is 36.4 Å². The SMILES string of the molecule is O=C(C[C@@H]1CCc2ccccc21)NCc1ccc(-n2cncn2)cc1. The number of aromatic nitrogens is 3. The molecule has 1 atom stereocenters. The summed E-state index contributed by atoms with van der Waals surface area (Å²) in [6.07, 6.45) is 5.89. The second-order valence-corrected chi connectivity index (χ2v) is 6.42. The van der Waals surface area contributed by atoms with Gasteiger partial charge in [0.25, 0.3) is 0 Å². The van der Waals surface area contributed by atoms with Crippen molar-refractivity contribution in [2.24, 2.45) is 0 Å². The first-order valence-corrected chi connectivity index (χ1v) is 8.58. The molecular formula is C20H20N4O. The molecule has 0 bridgehead atoms. The highest BCUT2D eigenvalue weighted by atomic mass is 16.1. The van der Waals surface area contributed by atoms with E-state index in [4.69, 9.17) is 0 Å². The highest BCUT2D eigenvalue weighted by Gasteiger charge is 2.23. The van der Waals surface area contributed by atoms with Gasteiger partial charge in [0.15, 0.2) is 0 Å². The van der Waals surface area contributed by atoms with Crippen LogP contribution in [0.4, 0.5) is 0 Å². The van der Waals surface area contributed by atoms with E-state index in [2.05, 4.69) is 39.7 Å². The lowest BCUT2D eigenvalue weighted by atomic mass is 9.97. The van der Waals surface area contributed by atoms with Gasteiger partial charge in [0.05, 0.1) is 5.69 Å². The molecule has 1 N–H and O–H groups in total. The zero-order chi connectivity index (χ0) is 17.1. The third-order valence-electron chi connectivity index (χ3n) is 4.80. The van der Waals surface area contributed by atoms with Crippen molar-refractivity contribution in [3.05, 3.63) is 77.9 Å². The van der Waals surface area contributed by atoms with Gasteiger partial charge in [0.1, 0.15) is 12.7 Å². The van der Waals surface area contributed by atoms with Gasteiger partial charge in [-0.15, -0.1) is 0 Å². The molecule has 1 aliphatic rings. The number of rotatable bonds is 5. The molecule has 1 aromatic heterocycles. The summed E-state index contributed by atoms with van der Waals surface area (Å²) in [5.74, 6) is 0.466. The summed E-state index contributed by atoms with van der Waals surface area (Å²) in [5, 5.41) is 7.14. The van der Waals surface area contributed by atoms with Crippen molar-refractivity contribution >= 4 is 5.91 Å². The first-order chi connectivity index (χ1) is 12.3. The van der Waals surface area contributed by atoms with E-state index in [-0.39, 0.29) is 5.91 Å². The van der Waals surface area contributed by atoms with Crippen molar-refractivity contribution in [1.29, 1.82) is 0 Å². The summed E-state index contributed by atoms with van der Waals surface area (Å²) in [6.45, 7) is 0.546. The number of hydrogen-bond acceptors (Lipinski definition) is 3. The number of aryl methyl sites for hydroxylation is 1. The molecule has 0 spiro atoms. The highest BCUT2D eigenvalue weighted by molar-refractivity contribution is 5.77. The minimum absolute atomic E-state index is 0.113. The number of nitrogens with zero attached hydrogens (tertiary/aromatic N) is 3. The molecule has 3 aromatic rings. The Labute approximate surface area is 146 Å². The van der Waals surface area contributed by atoms with Crippen LogP contribution in [0.5, 0.6) is 0 Å². The molecule has 25 heavy (non-hydrogen) atoms. The van der Waals surface area contributed by atoms with Gasteiger partial charge >= 0.3 is 0 Å². The van der Waals surface area contributed by atoms with Crippen molar-refractivity contribution in [2.75, 3.05) is 0 Å². The van der Waals surface area contributed by atoms with Crippen LogP contribution in [0.15, 0.2) is 61.2 Å². The van der Waals surface area contributed by atoms with E-state index in [0.29, 0.717) is 18.9 Å². The van der Waals surface area contributed by atoms with Crippen LogP contribution in [0.3, 0.4) is 0 Å². The Bertz CT molecular complexity index is 856. The number of carbonyl (C=O) groups excluding carboxylic acids is 1. The third kappa shape index (κ3) is 3.45. The molecule has 126 valence electrons. The molecule has 1 aliphatic carbocycles. The van der Waals surface area contributed by atoms with Crippen LogP contribution >= 0.6 is 0 Å². The van der Waals surface area contributed by atoms with E-state index in [1.165, 1.54) is 17.5 Å². The van der Waals surface area contributed by atoms with Gasteiger partial charge < -0.3 is 5.32 Å². The molecule has 1 heterocycles. The third-order valence-corrected chi connectivity index (χ3v) is 4.80. The van der Waals surface area contributed by atoms with E-state index in [0.717, 1.165) is 24.1 Å². The summed E-state index contributed by atoms with van der Waals surface area (Å²) in [5.41, 5.74) is 4.76. The van der Waals surface area contributed by atoms with Crippen LogP contribution in [0, 0.1) is 0 Å². The Kier molecular flexibility index (Phi) is 4.29. The molecule has 0 aliphatic heterocycles. The summed E-state index contributed by atoms with van der Waals surface area (Å²) >= 11 is 0. The number of fused-ring (bicyclic) bond motifs is 1. The summed E-state index contributed by atoms with van der Waals surface area (Å²) in [6, 6.07) is 16.4. The van der Waals surface area contributed by atoms with Gasteiger partial charge in [0, 0.05) is 13.0 Å². The normalized spacial score (nSPS) is 15.8. The maximum absolute atomic E-state index is 12.3. The van der Waals surface area contributed by atoms with Gasteiger partial charge in [0.2, 0.25) is 5.91 Å². The van der Waals surface area contributed by atoms with E-state index in [1.807, 2.05) is 24.3 Å². The Hall–Kier alpha value is -2.95. The van der Waals surface area contributed by atoms with E-state index < -0.39 is 0 Å². The molecular weight excluding hydrogens is 312 g/mol. The summed E-state index contributed by atoms with van der Waals surface area (Å²) < 4.78 is 1.71. The largest absolute Gasteiger partial charge is 0.352 e. The predicted octanol–water partition coefficient (Wildman–Crippen LogP) is 3.00. The van der Waals surface area contributed by atoms with Crippen molar-refractivity contribution in [3.8, 4) is 5.69 Å². The first kappa shape index (κ1) is 15.6. The van der Waals surface area contributed by atoms with Crippen LogP contribution < -0.4 is 5.32 Å². The minimum atomic E-state index is 0.113. The maximum Gasteiger partial charge on any atom is 0.220 e. The Morgan fingerprint density at radius 2 is 2.00 bits per heavy atom. The second kappa shape index (κ2) is 6.89. The molecule has 1 amide bonds. The predicted molar refractivity (Wildman–Crippen MR) is 95.3 cm³/mol. The van der Waals surface area contributed by atoms with Gasteiger partial charge in [-0.3, -0.25) is 4.79 Å². The van der Waals surface area contributed by atoms with E-state index >= 15 is 0 Å². The number of nitrogens with one attached hydrogen (secondary N) is 1. The molecule has 0 fully saturated rings. The smallest absolute Gasteiger partial charge is 0.220 e. The molecule has 0 saturated heterocycles. The van der Waals surface area contributed by atoms with E-state index in [1.54, 1.807) is 11.0 Å². The van der Waals surface area contributed by atoms with Crippen molar-refractivity contribution in [1.82, 2.24) is 20.1 Å². The van der Waals surface area contributed by atoms with Crippen LogP contribution in [-0.4, -0.2) is 20.7 Å². The standard InChI is InChI=1S/C20H20N4O/c25-20(11-17-8-7-16-3-1-2-4-19(16)17)22-12-15-5-9-18(10-6-15)24-14-21-13-23-24/h1-6,9-10,13-14,17H,7-8,11-12H2,(H,22,25)/t17-/m0/s1. The minimum Gasteiger partial charge on any atom is -0.352 e. The molecule has 2 aromatic carbocycles. The highest BCUT2D eigenvalue weighted by Crippen LogP contribution is 2.35. The van der Waals surface area contributed by atoms with Crippen molar-refractivity contribution < 1.29 is 4.79 Å². The molecule has 5 heteroatoms. The monoisotopic (exact) mass is 332 g/mol. The quantitative estimate of drug-likeness (QED) is 0.781. The van der Waals surface area contributed by atoms with Crippen molar-refractivity contribution in [3.63, 3.8) is 0 Å². The maximum atomic E-state index is 12.3. The lowest BCUT2D eigenvalue weighted by molar-refractivity contribution is -0.121. The van der Waals surface area contributed by atoms with Crippen LogP contribution in [-0.2, 0) is 17.8 Å². The molecule has 4 rings (SSSR count). The van der Waals surface area contributed by atoms with Gasteiger partial charge in [-0.2, -0.15) is 5.10 Å². The fourth-order valence-corrected chi connectivity index (χ4v) is 3.46. The lowest BCUT2D eigenvalue weighted by Gasteiger charge is -2.12. The topological polar surface area (TPSA) is 59.8 Å². The second-order valence-electron chi connectivity index (χ2n) is 6.42. The van der Waals surface area contributed by atoms with Gasteiger partial charge in [-0.25, -0.2) is 9.67 Å². The summed E-state index contributed by atoms with van der Waals surface area (Å²) in [4.78, 5) is 16.2. The average Bonchev–Trinajstić information content (AvgIpc) is 3.31. The summed E-state index contributed by atoms with van der Waals surface area (Å²) in [7, 11) is 0. The number of hydrogen-bond donors (Lipinski definition) is 1. The molecule has 5 nitrogen and oxygen atoms in total. The fourth-order valence-electron chi connectivity index (χ4n) is 3.46. The molecule has 0 radical (unpaired) electrons. The van der Waals surface area contributed by atoms with Crippen LogP contribution in [0.1, 0.15) is 35.4 Å². The molecule has 0 unspecified atom stereocenters. The zero-order valence-electron chi connectivity index (χ0n) is 13.9. The Morgan fingerprint density at radius 1 is 1.16 bits per heavy atom. The first-order valence-electron chi connectivity index (χ1n) is 8.58.